The van der Waals surface area contributed by atoms with Gasteiger partial charge in [0.15, 0.2) is 0 Å². The van der Waals surface area contributed by atoms with Crippen LogP contribution in [-0.2, 0) is 5.41 Å². The molecule has 65 heavy (non-hydrogen) atoms. The molecule has 1 aliphatic rings. The minimum Gasteiger partial charge on any atom is -0.310 e. The summed E-state index contributed by atoms with van der Waals surface area (Å²) in [5, 5.41) is 0. The van der Waals surface area contributed by atoms with Crippen LogP contribution in [0.15, 0.2) is 255 Å². The molecule has 0 unspecified atom stereocenters. The number of hydrogen-bond donors (Lipinski definition) is 0. The smallest absolute Gasteiger partial charge is 0.0468 e. The monoisotopic (exact) mass is 832 g/mol. The maximum Gasteiger partial charge on any atom is 0.0468 e. The predicted molar refractivity (Wildman–Crippen MR) is 275 cm³/mol. The first-order valence-corrected chi connectivity index (χ1v) is 22.5. The summed E-state index contributed by atoms with van der Waals surface area (Å²) in [5.74, 6) is 0. The number of rotatable bonds is 10. The van der Waals surface area contributed by atoms with Gasteiger partial charge in [0.2, 0.25) is 0 Å². The minimum absolute atomic E-state index is 0.0963. The van der Waals surface area contributed by atoms with Crippen molar-refractivity contribution in [2.24, 2.45) is 0 Å². The fourth-order valence-corrected chi connectivity index (χ4v) is 9.74. The van der Waals surface area contributed by atoms with E-state index in [-0.39, 0.29) is 5.41 Å². The summed E-state index contributed by atoms with van der Waals surface area (Å²) in [7, 11) is 0. The predicted octanol–water partition coefficient (Wildman–Crippen LogP) is 17.6. The molecule has 0 aromatic heterocycles. The van der Waals surface area contributed by atoms with E-state index in [9.17, 15) is 0 Å². The molecule has 0 heterocycles. The molecule has 0 amide bonds. The van der Waals surface area contributed by atoms with Gasteiger partial charge in [-0.05, 0) is 140 Å². The van der Waals surface area contributed by atoms with Crippen LogP contribution in [0.1, 0.15) is 25.0 Å². The molecule has 0 bridgehead atoms. The number of anilines is 6. The van der Waals surface area contributed by atoms with E-state index in [2.05, 4.69) is 278 Å². The second-order valence-electron chi connectivity index (χ2n) is 17.4. The van der Waals surface area contributed by atoms with Gasteiger partial charge in [0.1, 0.15) is 0 Å². The highest BCUT2D eigenvalue weighted by Crippen LogP contribution is 2.51. The lowest BCUT2D eigenvalue weighted by Gasteiger charge is -2.28. The number of hydrogen-bond acceptors (Lipinski definition) is 2. The third-order valence-electron chi connectivity index (χ3n) is 13.1. The molecule has 1 aliphatic carbocycles. The molecule has 2 heteroatoms. The Morgan fingerprint density at radius 1 is 0.231 bits per heavy atom. The highest BCUT2D eigenvalue weighted by atomic mass is 15.1. The molecule has 0 N–H and O–H groups in total. The number of nitrogens with zero attached hydrogens (tertiary/aromatic N) is 2. The number of benzene rings is 10. The van der Waals surface area contributed by atoms with E-state index in [4.69, 9.17) is 0 Å². The van der Waals surface area contributed by atoms with Gasteiger partial charge in [-0.15, -0.1) is 0 Å². The van der Waals surface area contributed by atoms with Crippen LogP contribution in [0.2, 0.25) is 0 Å². The number of fused-ring (bicyclic) bond motifs is 3. The Balaban J connectivity index is 0.996. The average Bonchev–Trinajstić information content (AvgIpc) is 3.61. The molecule has 0 atom stereocenters. The summed E-state index contributed by atoms with van der Waals surface area (Å²) < 4.78 is 0. The molecule has 0 aliphatic heterocycles. The lowest BCUT2D eigenvalue weighted by Crippen LogP contribution is -2.16. The van der Waals surface area contributed by atoms with Gasteiger partial charge in [0.05, 0.1) is 0 Å². The molecule has 10 aromatic carbocycles. The SMILES string of the molecule is CC1(C)c2ccccc2-c2ccc(N(c3ccccc3)c3ccc(-c4ccc(N(c5ccc(-c6ccccc6)cc5)c5ccc(-c6ccccc6)cc5)cc4-c4ccccc4)cc3)cc21. The lowest BCUT2D eigenvalue weighted by atomic mass is 9.82. The summed E-state index contributed by atoms with van der Waals surface area (Å²) in [6.07, 6.45) is 0. The van der Waals surface area contributed by atoms with Crippen molar-refractivity contribution in [3.8, 4) is 55.6 Å². The van der Waals surface area contributed by atoms with E-state index in [0.717, 1.165) is 39.7 Å². The molecular formula is C63H48N2. The van der Waals surface area contributed by atoms with Gasteiger partial charge >= 0.3 is 0 Å². The van der Waals surface area contributed by atoms with E-state index >= 15 is 0 Å². The number of para-hydroxylation sites is 1. The second-order valence-corrected chi connectivity index (χ2v) is 17.4. The summed E-state index contributed by atoms with van der Waals surface area (Å²) >= 11 is 0. The van der Waals surface area contributed by atoms with E-state index in [1.807, 2.05) is 0 Å². The maximum absolute atomic E-state index is 2.40. The van der Waals surface area contributed by atoms with Crippen molar-refractivity contribution >= 4 is 34.1 Å². The molecule has 10 aromatic rings. The van der Waals surface area contributed by atoms with Crippen LogP contribution in [0, 0.1) is 0 Å². The third kappa shape index (κ3) is 7.49. The minimum atomic E-state index is -0.0963. The van der Waals surface area contributed by atoms with Crippen molar-refractivity contribution < 1.29 is 0 Å². The highest BCUT2D eigenvalue weighted by Gasteiger charge is 2.35. The maximum atomic E-state index is 2.40. The zero-order valence-electron chi connectivity index (χ0n) is 36.6. The van der Waals surface area contributed by atoms with E-state index in [1.165, 1.54) is 61.2 Å². The van der Waals surface area contributed by atoms with Gasteiger partial charge in [0.25, 0.3) is 0 Å². The van der Waals surface area contributed by atoms with Crippen molar-refractivity contribution in [3.05, 3.63) is 266 Å². The molecule has 0 saturated carbocycles. The molecule has 0 saturated heterocycles. The molecule has 0 fully saturated rings. The normalized spacial score (nSPS) is 12.3. The van der Waals surface area contributed by atoms with E-state index < -0.39 is 0 Å². The molecule has 0 spiro atoms. The highest BCUT2D eigenvalue weighted by molar-refractivity contribution is 5.91. The topological polar surface area (TPSA) is 6.48 Å². The van der Waals surface area contributed by atoms with Crippen LogP contribution in [0.3, 0.4) is 0 Å². The Hall–Kier alpha value is -8.20. The largest absolute Gasteiger partial charge is 0.310 e. The first-order valence-electron chi connectivity index (χ1n) is 22.5. The Morgan fingerprint density at radius 3 is 1.09 bits per heavy atom. The van der Waals surface area contributed by atoms with Crippen LogP contribution >= 0.6 is 0 Å². The van der Waals surface area contributed by atoms with Gasteiger partial charge in [-0.25, -0.2) is 0 Å². The Bertz CT molecular complexity index is 3150. The van der Waals surface area contributed by atoms with Crippen LogP contribution in [0.25, 0.3) is 55.6 Å². The zero-order valence-corrected chi connectivity index (χ0v) is 36.6. The summed E-state index contributed by atoms with van der Waals surface area (Å²) in [6, 6.07) is 92.4. The first kappa shape index (κ1) is 39.6. The molecular weight excluding hydrogens is 785 g/mol. The van der Waals surface area contributed by atoms with Gasteiger partial charge in [-0.3, -0.25) is 0 Å². The fraction of sp³-hybridized carbons (Fsp3) is 0.0476. The van der Waals surface area contributed by atoms with Crippen LogP contribution in [0.4, 0.5) is 34.1 Å². The van der Waals surface area contributed by atoms with Gasteiger partial charge < -0.3 is 9.80 Å². The summed E-state index contributed by atoms with van der Waals surface area (Å²) in [4.78, 5) is 4.76. The summed E-state index contributed by atoms with van der Waals surface area (Å²) in [5.41, 5.74) is 21.4. The third-order valence-corrected chi connectivity index (χ3v) is 13.1. The Kier molecular flexibility index (Phi) is 10.3. The van der Waals surface area contributed by atoms with Crippen LogP contribution in [0.5, 0.6) is 0 Å². The zero-order chi connectivity index (χ0) is 43.7. The fourth-order valence-electron chi connectivity index (χ4n) is 9.74. The average molecular weight is 833 g/mol. The first-order chi connectivity index (χ1) is 32.0. The quantitative estimate of drug-likeness (QED) is 0.135. The van der Waals surface area contributed by atoms with Crippen molar-refractivity contribution in [3.63, 3.8) is 0 Å². The van der Waals surface area contributed by atoms with Crippen molar-refractivity contribution in [2.45, 2.75) is 19.3 Å². The molecule has 310 valence electrons. The Labute approximate surface area is 383 Å². The summed E-state index contributed by atoms with van der Waals surface area (Å²) in [6.45, 7) is 4.70. The standard InChI is InChI=1S/C63H48N2/c1-63(2)61-26-16-15-25-58(61)59-42-40-56(44-62(59)63)64(51-23-13-6-14-24-51)54-37-31-50(32-38-54)57-41-39-55(43-60(57)49-21-11-5-12-22-49)65(52-33-27-47(28-34-52)45-17-7-3-8-18-45)53-35-29-48(30-36-53)46-19-9-4-10-20-46/h3-44H,1-2H3. The van der Waals surface area contributed by atoms with Crippen LogP contribution in [-0.4, -0.2) is 0 Å². The van der Waals surface area contributed by atoms with Gasteiger partial charge in [0, 0.05) is 39.5 Å². The second kappa shape index (κ2) is 16.8. The van der Waals surface area contributed by atoms with Crippen molar-refractivity contribution in [1.82, 2.24) is 0 Å². The van der Waals surface area contributed by atoms with E-state index in [1.54, 1.807) is 0 Å². The van der Waals surface area contributed by atoms with Gasteiger partial charge in [-0.2, -0.15) is 0 Å². The lowest BCUT2D eigenvalue weighted by molar-refractivity contribution is 0.660. The molecule has 2 nitrogen and oxygen atoms in total. The van der Waals surface area contributed by atoms with Crippen molar-refractivity contribution in [1.29, 1.82) is 0 Å². The van der Waals surface area contributed by atoms with Crippen LogP contribution < -0.4 is 9.80 Å². The van der Waals surface area contributed by atoms with Crippen molar-refractivity contribution in [2.75, 3.05) is 9.80 Å². The Morgan fingerprint density at radius 2 is 0.569 bits per heavy atom. The van der Waals surface area contributed by atoms with E-state index in [0.29, 0.717) is 0 Å². The van der Waals surface area contributed by atoms with Gasteiger partial charge in [-0.1, -0.05) is 196 Å². The molecule has 0 radical (unpaired) electrons. The molecule has 11 rings (SSSR count).